The zero-order chi connectivity index (χ0) is 12.9. The molecule has 1 amide bonds. The topological polar surface area (TPSA) is 58.4 Å². The summed E-state index contributed by atoms with van der Waals surface area (Å²) in [6.45, 7) is 6.27. The molecule has 1 fully saturated rings. The quantitative estimate of drug-likeness (QED) is 0.594. The molecule has 0 aliphatic heterocycles. The molecule has 0 radical (unpaired) electrons. The second kappa shape index (κ2) is 6.36. The maximum Gasteiger partial charge on any atom is 0.237 e. The Labute approximate surface area is 105 Å². The van der Waals surface area contributed by atoms with Crippen molar-refractivity contribution in [1.29, 1.82) is 0 Å². The van der Waals surface area contributed by atoms with Crippen LogP contribution < -0.4 is 11.1 Å². The number of nitrogens with two attached hydrogens (primary N) is 1. The first kappa shape index (κ1) is 14.5. The van der Waals surface area contributed by atoms with E-state index in [2.05, 4.69) is 24.2 Å². The number of primary amides is 1. The Bertz CT molecular complexity index is 253. The van der Waals surface area contributed by atoms with E-state index in [0.29, 0.717) is 6.04 Å². The molecule has 0 heterocycles. The van der Waals surface area contributed by atoms with E-state index in [0.717, 1.165) is 32.4 Å². The van der Waals surface area contributed by atoms with Gasteiger partial charge in [0.25, 0.3) is 0 Å². The van der Waals surface area contributed by atoms with Crippen molar-refractivity contribution < 1.29 is 4.79 Å². The fourth-order valence-electron chi connectivity index (χ4n) is 1.96. The summed E-state index contributed by atoms with van der Waals surface area (Å²) >= 11 is 0. The van der Waals surface area contributed by atoms with Crippen LogP contribution in [0.1, 0.15) is 46.0 Å². The first-order chi connectivity index (χ1) is 7.98. The normalized spacial score (nSPS) is 19.3. The summed E-state index contributed by atoms with van der Waals surface area (Å²) in [6.07, 6.45) is 5.38. The predicted octanol–water partition coefficient (Wildman–Crippen LogP) is 1.10. The van der Waals surface area contributed by atoms with E-state index in [9.17, 15) is 4.79 Å². The van der Waals surface area contributed by atoms with Crippen LogP contribution in [0.25, 0.3) is 0 Å². The number of nitrogens with zero attached hydrogens (tertiary/aromatic N) is 1. The Morgan fingerprint density at radius 3 is 2.59 bits per heavy atom. The Kier molecular flexibility index (Phi) is 5.40. The molecule has 0 saturated heterocycles. The fourth-order valence-corrected chi connectivity index (χ4v) is 1.96. The standard InChI is InChI=1S/C13H27N3O/c1-4-16(3)10-6-5-9-13(2,12(14)17)15-11-7-8-11/h11,15H,4-10H2,1-3H3,(H2,14,17). The van der Waals surface area contributed by atoms with Gasteiger partial charge in [-0.1, -0.05) is 6.92 Å². The van der Waals surface area contributed by atoms with Gasteiger partial charge in [-0.25, -0.2) is 0 Å². The van der Waals surface area contributed by atoms with Gasteiger partial charge in [-0.3, -0.25) is 4.79 Å². The van der Waals surface area contributed by atoms with Crippen LogP contribution in [0.5, 0.6) is 0 Å². The average molecular weight is 241 g/mol. The van der Waals surface area contributed by atoms with Gasteiger partial charge in [0.2, 0.25) is 5.91 Å². The third-order valence-electron chi connectivity index (χ3n) is 3.65. The number of unbranched alkanes of at least 4 members (excludes halogenated alkanes) is 1. The highest BCUT2D eigenvalue weighted by atomic mass is 16.1. The fraction of sp³-hybridized carbons (Fsp3) is 0.923. The average Bonchev–Trinajstić information content (AvgIpc) is 3.07. The number of nitrogens with one attached hydrogen (secondary N) is 1. The molecule has 1 saturated carbocycles. The number of amides is 1. The van der Waals surface area contributed by atoms with Crippen LogP contribution in [-0.2, 0) is 4.79 Å². The van der Waals surface area contributed by atoms with E-state index in [-0.39, 0.29) is 5.91 Å². The number of carbonyl (C=O) groups excluding carboxylic acids is 1. The van der Waals surface area contributed by atoms with Gasteiger partial charge < -0.3 is 16.0 Å². The van der Waals surface area contributed by atoms with Crippen LogP contribution in [-0.4, -0.2) is 42.5 Å². The number of carbonyl (C=O) groups is 1. The lowest BCUT2D eigenvalue weighted by Gasteiger charge is -2.28. The predicted molar refractivity (Wildman–Crippen MR) is 70.8 cm³/mol. The second-order valence-electron chi connectivity index (χ2n) is 5.47. The molecule has 100 valence electrons. The summed E-state index contributed by atoms with van der Waals surface area (Å²) in [4.78, 5) is 13.8. The van der Waals surface area contributed by atoms with Crippen molar-refractivity contribution in [2.24, 2.45) is 5.73 Å². The van der Waals surface area contributed by atoms with Gasteiger partial charge in [-0.15, -0.1) is 0 Å². The van der Waals surface area contributed by atoms with E-state index >= 15 is 0 Å². The van der Waals surface area contributed by atoms with E-state index in [1.54, 1.807) is 0 Å². The zero-order valence-electron chi connectivity index (χ0n) is 11.5. The summed E-state index contributed by atoms with van der Waals surface area (Å²) in [6, 6.07) is 0.519. The van der Waals surface area contributed by atoms with Crippen molar-refractivity contribution in [2.45, 2.75) is 57.5 Å². The van der Waals surface area contributed by atoms with Crippen molar-refractivity contribution >= 4 is 5.91 Å². The van der Waals surface area contributed by atoms with Crippen molar-refractivity contribution in [3.8, 4) is 0 Å². The highest BCUT2D eigenvalue weighted by Crippen LogP contribution is 2.25. The molecule has 1 aliphatic carbocycles. The van der Waals surface area contributed by atoms with Gasteiger partial charge in [0.1, 0.15) is 0 Å². The van der Waals surface area contributed by atoms with Gasteiger partial charge in [0, 0.05) is 6.04 Å². The third kappa shape index (κ3) is 5.04. The minimum Gasteiger partial charge on any atom is -0.368 e. The molecule has 4 heteroatoms. The Morgan fingerprint density at radius 2 is 2.12 bits per heavy atom. The zero-order valence-corrected chi connectivity index (χ0v) is 11.5. The van der Waals surface area contributed by atoms with E-state index in [4.69, 9.17) is 5.73 Å². The molecule has 1 atom stereocenters. The van der Waals surface area contributed by atoms with Crippen LogP contribution in [0, 0.1) is 0 Å². The molecule has 1 rings (SSSR count). The van der Waals surface area contributed by atoms with Crippen molar-refractivity contribution in [2.75, 3.05) is 20.1 Å². The van der Waals surface area contributed by atoms with Crippen LogP contribution in [0.15, 0.2) is 0 Å². The van der Waals surface area contributed by atoms with Crippen molar-refractivity contribution in [3.05, 3.63) is 0 Å². The maximum absolute atomic E-state index is 11.5. The molecule has 0 aromatic carbocycles. The Hall–Kier alpha value is -0.610. The first-order valence-electron chi connectivity index (χ1n) is 6.74. The lowest BCUT2D eigenvalue weighted by molar-refractivity contribution is -0.124. The minimum atomic E-state index is -0.508. The maximum atomic E-state index is 11.5. The molecule has 0 spiro atoms. The summed E-state index contributed by atoms with van der Waals surface area (Å²) < 4.78 is 0. The Balaban J connectivity index is 2.26. The monoisotopic (exact) mass is 241 g/mol. The molecule has 0 aromatic heterocycles. The molecule has 1 unspecified atom stereocenters. The lowest BCUT2D eigenvalue weighted by Crippen LogP contribution is -2.54. The van der Waals surface area contributed by atoms with E-state index < -0.39 is 5.54 Å². The molecular formula is C13H27N3O. The molecule has 4 nitrogen and oxygen atoms in total. The van der Waals surface area contributed by atoms with Crippen LogP contribution in [0.2, 0.25) is 0 Å². The lowest BCUT2D eigenvalue weighted by atomic mass is 9.93. The van der Waals surface area contributed by atoms with Gasteiger partial charge in [-0.05, 0) is 59.2 Å². The van der Waals surface area contributed by atoms with E-state index in [1.165, 1.54) is 12.8 Å². The van der Waals surface area contributed by atoms with Gasteiger partial charge in [-0.2, -0.15) is 0 Å². The van der Waals surface area contributed by atoms with Gasteiger partial charge in [0.15, 0.2) is 0 Å². The molecular weight excluding hydrogens is 214 g/mol. The van der Waals surface area contributed by atoms with Crippen LogP contribution >= 0.6 is 0 Å². The largest absolute Gasteiger partial charge is 0.368 e. The highest BCUT2D eigenvalue weighted by molar-refractivity contribution is 5.84. The molecule has 17 heavy (non-hydrogen) atoms. The van der Waals surface area contributed by atoms with Crippen molar-refractivity contribution in [3.63, 3.8) is 0 Å². The number of rotatable bonds is 9. The van der Waals surface area contributed by atoms with Crippen molar-refractivity contribution in [1.82, 2.24) is 10.2 Å². The Morgan fingerprint density at radius 1 is 1.47 bits per heavy atom. The highest BCUT2D eigenvalue weighted by Gasteiger charge is 2.36. The van der Waals surface area contributed by atoms with Gasteiger partial charge in [0.05, 0.1) is 5.54 Å². The first-order valence-corrected chi connectivity index (χ1v) is 6.74. The summed E-state index contributed by atoms with van der Waals surface area (Å²) in [5.41, 5.74) is 5.00. The SMILES string of the molecule is CCN(C)CCCCC(C)(NC1CC1)C(N)=O. The van der Waals surface area contributed by atoms with Crippen LogP contribution in [0.3, 0.4) is 0 Å². The second-order valence-corrected chi connectivity index (χ2v) is 5.47. The summed E-state index contributed by atoms with van der Waals surface area (Å²) in [5.74, 6) is -0.215. The summed E-state index contributed by atoms with van der Waals surface area (Å²) in [7, 11) is 2.12. The molecule has 1 aliphatic rings. The summed E-state index contributed by atoms with van der Waals surface area (Å²) in [5, 5.41) is 3.38. The smallest absolute Gasteiger partial charge is 0.237 e. The molecule has 0 bridgehead atoms. The van der Waals surface area contributed by atoms with E-state index in [1.807, 2.05) is 6.92 Å². The molecule has 0 aromatic rings. The number of hydrogen-bond acceptors (Lipinski definition) is 3. The van der Waals surface area contributed by atoms with Gasteiger partial charge >= 0.3 is 0 Å². The van der Waals surface area contributed by atoms with Crippen LogP contribution in [0.4, 0.5) is 0 Å². The molecule has 3 N–H and O–H groups in total. The third-order valence-corrected chi connectivity index (χ3v) is 3.65. The number of hydrogen-bond donors (Lipinski definition) is 2. The minimum absolute atomic E-state index is 0.215.